The van der Waals surface area contributed by atoms with Gasteiger partial charge in [-0.1, -0.05) is 19.1 Å². The first-order valence-corrected chi connectivity index (χ1v) is 7.37. The third-order valence-electron chi connectivity index (χ3n) is 4.04. The largest absolute Gasteiger partial charge is 0.350 e. The van der Waals surface area contributed by atoms with Crippen LogP contribution in [0.5, 0.6) is 0 Å². The zero-order valence-electron chi connectivity index (χ0n) is 12.2. The van der Waals surface area contributed by atoms with E-state index in [4.69, 9.17) is 0 Å². The van der Waals surface area contributed by atoms with Gasteiger partial charge in [0.05, 0.1) is 17.2 Å². The van der Waals surface area contributed by atoms with Crippen molar-refractivity contribution in [3.8, 4) is 0 Å². The second kappa shape index (κ2) is 5.77. The molecule has 110 valence electrons. The van der Waals surface area contributed by atoms with Gasteiger partial charge in [0.25, 0.3) is 5.91 Å². The molecule has 5 nitrogen and oxygen atoms in total. The Balaban J connectivity index is 1.69. The molecule has 3 rings (SSSR count). The van der Waals surface area contributed by atoms with Gasteiger partial charge >= 0.3 is 0 Å². The summed E-state index contributed by atoms with van der Waals surface area (Å²) in [6, 6.07) is 7.56. The predicted molar refractivity (Wildman–Crippen MR) is 82.1 cm³/mol. The van der Waals surface area contributed by atoms with E-state index in [1.54, 1.807) is 6.20 Å². The van der Waals surface area contributed by atoms with E-state index in [9.17, 15) is 4.79 Å². The highest BCUT2D eigenvalue weighted by Gasteiger charge is 2.27. The smallest absolute Gasteiger partial charge is 0.271 e. The minimum Gasteiger partial charge on any atom is -0.350 e. The van der Waals surface area contributed by atoms with Crippen LogP contribution in [0.2, 0.25) is 0 Å². The summed E-state index contributed by atoms with van der Waals surface area (Å²) in [5.74, 6) is -0.153. The van der Waals surface area contributed by atoms with E-state index in [0.29, 0.717) is 12.2 Å². The molecule has 1 fully saturated rings. The number of para-hydroxylation sites is 2. The van der Waals surface area contributed by atoms with Crippen molar-refractivity contribution in [2.75, 3.05) is 19.6 Å². The number of piperidine rings is 1. The molecule has 0 aliphatic carbocycles. The molecule has 0 bridgehead atoms. The number of nitrogens with zero attached hydrogens (tertiary/aromatic N) is 2. The van der Waals surface area contributed by atoms with Gasteiger partial charge < -0.3 is 10.6 Å². The van der Waals surface area contributed by atoms with Crippen molar-refractivity contribution in [1.29, 1.82) is 0 Å². The van der Waals surface area contributed by atoms with Crippen molar-refractivity contribution in [3.05, 3.63) is 36.2 Å². The van der Waals surface area contributed by atoms with Gasteiger partial charge in [-0.3, -0.25) is 9.78 Å². The average molecular weight is 284 g/mol. The summed E-state index contributed by atoms with van der Waals surface area (Å²) in [6.07, 6.45) is 3.82. The van der Waals surface area contributed by atoms with Crippen LogP contribution in [0.4, 0.5) is 0 Å². The topological polar surface area (TPSA) is 66.9 Å². The normalized spacial score (nSPS) is 22.1. The fraction of sp³-hybridized carbons (Fsp3) is 0.438. The van der Waals surface area contributed by atoms with Crippen molar-refractivity contribution in [2.24, 2.45) is 5.41 Å². The number of aromatic nitrogens is 2. The first-order chi connectivity index (χ1) is 10.2. The zero-order chi connectivity index (χ0) is 14.7. The fourth-order valence-corrected chi connectivity index (χ4v) is 2.72. The van der Waals surface area contributed by atoms with Crippen LogP contribution in [-0.2, 0) is 0 Å². The van der Waals surface area contributed by atoms with Crippen LogP contribution >= 0.6 is 0 Å². The Kier molecular flexibility index (Phi) is 3.84. The van der Waals surface area contributed by atoms with E-state index >= 15 is 0 Å². The van der Waals surface area contributed by atoms with E-state index in [1.807, 2.05) is 24.3 Å². The van der Waals surface area contributed by atoms with E-state index in [0.717, 1.165) is 37.0 Å². The minimum atomic E-state index is -0.153. The summed E-state index contributed by atoms with van der Waals surface area (Å²) in [7, 11) is 0. The second-order valence-electron chi connectivity index (χ2n) is 6.02. The molecule has 1 saturated heterocycles. The first kappa shape index (κ1) is 13.9. The van der Waals surface area contributed by atoms with Gasteiger partial charge in [-0.2, -0.15) is 0 Å². The van der Waals surface area contributed by atoms with Crippen LogP contribution in [0.3, 0.4) is 0 Å². The lowest BCUT2D eigenvalue weighted by molar-refractivity contribution is 0.0919. The molecule has 1 atom stereocenters. The Labute approximate surface area is 124 Å². The van der Waals surface area contributed by atoms with E-state index in [2.05, 4.69) is 27.5 Å². The number of carbonyl (C=O) groups is 1. The highest BCUT2D eigenvalue weighted by molar-refractivity contribution is 5.93. The van der Waals surface area contributed by atoms with E-state index in [1.165, 1.54) is 0 Å². The van der Waals surface area contributed by atoms with Gasteiger partial charge in [-0.05, 0) is 36.9 Å². The van der Waals surface area contributed by atoms with Crippen LogP contribution < -0.4 is 10.6 Å². The maximum atomic E-state index is 12.2. The number of rotatable bonds is 3. The molecule has 21 heavy (non-hydrogen) atoms. The molecular weight excluding hydrogens is 264 g/mol. The summed E-state index contributed by atoms with van der Waals surface area (Å²) in [6.45, 7) is 4.87. The SMILES string of the molecule is CC1(CNC(=O)c2cnc3ccccc3n2)CCCNC1. The summed E-state index contributed by atoms with van der Waals surface area (Å²) >= 11 is 0. The van der Waals surface area contributed by atoms with Gasteiger partial charge in [0, 0.05) is 13.1 Å². The molecule has 1 aromatic heterocycles. The molecule has 5 heteroatoms. The lowest BCUT2D eigenvalue weighted by Crippen LogP contribution is -2.45. The number of hydrogen-bond donors (Lipinski definition) is 2. The Hall–Kier alpha value is -2.01. The van der Waals surface area contributed by atoms with Crippen molar-refractivity contribution >= 4 is 16.9 Å². The van der Waals surface area contributed by atoms with Crippen molar-refractivity contribution in [1.82, 2.24) is 20.6 Å². The Morgan fingerprint density at radius 3 is 2.95 bits per heavy atom. The standard InChI is InChI=1S/C16H20N4O/c1-16(7-4-8-17-10-16)11-19-15(21)14-9-18-12-5-2-3-6-13(12)20-14/h2-3,5-6,9,17H,4,7-8,10-11H2,1H3,(H,19,21). The zero-order valence-corrected chi connectivity index (χ0v) is 12.2. The molecule has 1 aliphatic heterocycles. The summed E-state index contributed by atoms with van der Waals surface area (Å²) < 4.78 is 0. The monoisotopic (exact) mass is 284 g/mol. The number of benzene rings is 1. The van der Waals surface area contributed by atoms with Crippen LogP contribution in [0, 0.1) is 5.41 Å². The van der Waals surface area contributed by atoms with E-state index < -0.39 is 0 Å². The van der Waals surface area contributed by atoms with Gasteiger partial charge in [-0.15, -0.1) is 0 Å². The van der Waals surface area contributed by atoms with Crippen LogP contribution in [0.1, 0.15) is 30.3 Å². The molecule has 1 aliphatic rings. The molecule has 1 amide bonds. The quantitative estimate of drug-likeness (QED) is 0.901. The third kappa shape index (κ3) is 3.19. The van der Waals surface area contributed by atoms with Crippen LogP contribution in [-0.4, -0.2) is 35.5 Å². The highest BCUT2D eigenvalue weighted by Crippen LogP contribution is 2.24. The molecule has 0 saturated carbocycles. The Morgan fingerprint density at radius 2 is 2.19 bits per heavy atom. The van der Waals surface area contributed by atoms with Crippen molar-refractivity contribution in [3.63, 3.8) is 0 Å². The molecule has 2 aromatic rings. The molecular formula is C16H20N4O. The lowest BCUT2D eigenvalue weighted by atomic mass is 9.83. The predicted octanol–water partition coefficient (Wildman–Crippen LogP) is 1.75. The Bertz CT molecular complexity index is 650. The fourth-order valence-electron chi connectivity index (χ4n) is 2.72. The number of hydrogen-bond acceptors (Lipinski definition) is 4. The number of amides is 1. The molecule has 2 N–H and O–H groups in total. The Morgan fingerprint density at radius 1 is 1.38 bits per heavy atom. The minimum absolute atomic E-state index is 0.123. The number of fused-ring (bicyclic) bond motifs is 1. The summed E-state index contributed by atoms with van der Waals surface area (Å²) in [5.41, 5.74) is 2.05. The first-order valence-electron chi connectivity index (χ1n) is 7.37. The molecule has 0 radical (unpaired) electrons. The van der Waals surface area contributed by atoms with E-state index in [-0.39, 0.29) is 11.3 Å². The average Bonchev–Trinajstić information content (AvgIpc) is 2.53. The van der Waals surface area contributed by atoms with Gasteiger partial charge in [0.15, 0.2) is 0 Å². The second-order valence-corrected chi connectivity index (χ2v) is 6.02. The maximum absolute atomic E-state index is 12.2. The third-order valence-corrected chi connectivity index (χ3v) is 4.04. The molecule has 1 aromatic carbocycles. The van der Waals surface area contributed by atoms with Gasteiger partial charge in [0.2, 0.25) is 0 Å². The van der Waals surface area contributed by atoms with Crippen molar-refractivity contribution in [2.45, 2.75) is 19.8 Å². The molecule has 0 spiro atoms. The summed E-state index contributed by atoms with van der Waals surface area (Å²) in [5, 5.41) is 6.38. The maximum Gasteiger partial charge on any atom is 0.271 e. The number of nitrogens with one attached hydrogen (secondary N) is 2. The molecule has 2 heterocycles. The van der Waals surface area contributed by atoms with Crippen molar-refractivity contribution < 1.29 is 4.79 Å². The van der Waals surface area contributed by atoms with Gasteiger partial charge in [-0.25, -0.2) is 4.98 Å². The lowest BCUT2D eigenvalue weighted by Gasteiger charge is -2.34. The number of carbonyl (C=O) groups excluding carboxylic acids is 1. The molecule has 1 unspecified atom stereocenters. The van der Waals surface area contributed by atoms with Crippen LogP contribution in [0.15, 0.2) is 30.5 Å². The van der Waals surface area contributed by atoms with Gasteiger partial charge in [0.1, 0.15) is 5.69 Å². The summed E-state index contributed by atoms with van der Waals surface area (Å²) in [4.78, 5) is 20.9. The van der Waals surface area contributed by atoms with Crippen LogP contribution in [0.25, 0.3) is 11.0 Å². The highest BCUT2D eigenvalue weighted by atomic mass is 16.1.